The molecule has 2 aromatic carbocycles. The molecule has 2 atom stereocenters. The molecule has 0 saturated carbocycles. The highest BCUT2D eigenvalue weighted by Crippen LogP contribution is 2.36. The molecule has 9 heteroatoms. The highest BCUT2D eigenvalue weighted by atomic mass is 16.6. The van der Waals surface area contributed by atoms with Gasteiger partial charge in [-0.15, -0.1) is 0 Å². The fourth-order valence-corrected chi connectivity index (χ4v) is 4.36. The van der Waals surface area contributed by atoms with Gasteiger partial charge in [-0.3, -0.25) is 9.59 Å². The van der Waals surface area contributed by atoms with Gasteiger partial charge in [-0.1, -0.05) is 48.5 Å². The molecule has 1 aliphatic rings. The van der Waals surface area contributed by atoms with Crippen LogP contribution >= 0.6 is 0 Å². The van der Waals surface area contributed by atoms with E-state index in [2.05, 4.69) is 16.0 Å². The van der Waals surface area contributed by atoms with E-state index in [0.717, 1.165) is 22.3 Å². The smallest absolute Gasteiger partial charge is 0.408 e. The van der Waals surface area contributed by atoms with Crippen molar-refractivity contribution in [3.8, 4) is 11.1 Å². The zero-order valence-corrected chi connectivity index (χ0v) is 22.1. The molecule has 0 saturated heterocycles. The molecule has 3 amide bonds. The van der Waals surface area contributed by atoms with E-state index in [1.165, 1.54) is 21.0 Å². The summed E-state index contributed by atoms with van der Waals surface area (Å²) in [7, 11) is 1.24. The van der Waals surface area contributed by atoms with Crippen LogP contribution in [0.25, 0.3) is 11.1 Å². The van der Waals surface area contributed by atoms with Crippen molar-refractivity contribution < 1.29 is 28.7 Å². The van der Waals surface area contributed by atoms with Crippen LogP contribution in [-0.2, 0) is 36.7 Å². The first-order chi connectivity index (χ1) is 17.3. The van der Waals surface area contributed by atoms with Gasteiger partial charge in [-0.2, -0.15) is 0 Å². The van der Waals surface area contributed by atoms with Crippen molar-refractivity contribution in [2.24, 2.45) is 0 Å². The average molecular weight is 510 g/mol. The molecule has 0 spiro atoms. The number of carbonyl (C=O) groups excluding carboxylic acids is 4. The summed E-state index contributed by atoms with van der Waals surface area (Å²) in [5.41, 5.74) is 1.46. The number of benzene rings is 2. The average Bonchev–Trinajstić information content (AvgIpc) is 2.96. The molecule has 1 aliphatic carbocycles. The molecule has 0 fully saturated rings. The van der Waals surface area contributed by atoms with Crippen molar-refractivity contribution >= 4 is 23.9 Å². The predicted molar refractivity (Wildman–Crippen MR) is 139 cm³/mol. The number of hydrogen-bond donors (Lipinski definition) is 3. The molecule has 0 unspecified atom stereocenters. The van der Waals surface area contributed by atoms with E-state index < -0.39 is 47.1 Å². The Morgan fingerprint density at radius 3 is 1.84 bits per heavy atom. The number of rotatable bonds is 6. The first kappa shape index (κ1) is 27.7. The second-order valence-corrected chi connectivity index (χ2v) is 10.3. The van der Waals surface area contributed by atoms with E-state index in [-0.39, 0.29) is 12.8 Å². The lowest BCUT2D eigenvalue weighted by Crippen LogP contribution is -2.65. The van der Waals surface area contributed by atoms with Crippen molar-refractivity contribution in [1.82, 2.24) is 16.0 Å². The number of alkyl carbamates (subject to hydrolysis) is 1. The SMILES string of the molecule is COC(=O)[C@H](C)NC(=O)C1(NC(=O)[C@H](C)NC(=O)OC(C)(C)C)Cc2ccccc2-c2ccccc2C1. The van der Waals surface area contributed by atoms with Gasteiger partial charge in [0.2, 0.25) is 11.8 Å². The van der Waals surface area contributed by atoms with Crippen LogP contribution in [0.15, 0.2) is 48.5 Å². The summed E-state index contributed by atoms with van der Waals surface area (Å²) in [4.78, 5) is 51.6. The topological polar surface area (TPSA) is 123 Å². The van der Waals surface area contributed by atoms with Gasteiger partial charge in [0.25, 0.3) is 0 Å². The van der Waals surface area contributed by atoms with E-state index >= 15 is 0 Å². The van der Waals surface area contributed by atoms with E-state index in [1.54, 1.807) is 20.8 Å². The van der Waals surface area contributed by atoms with Crippen molar-refractivity contribution in [3.63, 3.8) is 0 Å². The lowest BCUT2D eigenvalue weighted by molar-refractivity contribution is -0.145. The quantitative estimate of drug-likeness (QED) is 0.515. The number of methoxy groups -OCH3 is 1. The van der Waals surface area contributed by atoms with Crippen molar-refractivity contribution in [1.29, 1.82) is 0 Å². The summed E-state index contributed by atoms with van der Waals surface area (Å²) in [5.74, 6) is -1.71. The van der Waals surface area contributed by atoms with Gasteiger partial charge in [0.1, 0.15) is 23.2 Å². The first-order valence-electron chi connectivity index (χ1n) is 12.2. The van der Waals surface area contributed by atoms with E-state index in [0.29, 0.717) is 0 Å². The zero-order valence-electron chi connectivity index (χ0n) is 22.1. The van der Waals surface area contributed by atoms with Gasteiger partial charge in [0, 0.05) is 12.8 Å². The molecule has 37 heavy (non-hydrogen) atoms. The monoisotopic (exact) mass is 509 g/mol. The zero-order chi connectivity index (χ0) is 27.4. The van der Waals surface area contributed by atoms with Gasteiger partial charge >= 0.3 is 12.1 Å². The summed E-state index contributed by atoms with van der Waals surface area (Å²) in [5, 5.41) is 8.14. The fraction of sp³-hybridized carbons (Fsp3) is 0.429. The summed E-state index contributed by atoms with van der Waals surface area (Å²) in [6.45, 7) is 8.20. The molecule has 9 nitrogen and oxygen atoms in total. The van der Waals surface area contributed by atoms with Crippen LogP contribution in [-0.4, -0.2) is 54.2 Å². The van der Waals surface area contributed by atoms with Crippen LogP contribution in [0.5, 0.6) is 0 Å². The Bertz CT molecular complexity index is 1140. The third kappa shape index (κ3) is 6.67. The maximum atomic E-state index is 13.8. The van der Waals surface area contributed by atoms with E-state index in [4.69, 9.17) is 9.47 Å². The Balaban J connectivity index is 2.00. The Morgan fingerprint density at radius 1 is 0.838 bits per heavy atom. The number of fused-ring (bicyclic) bond motifs is 3. The standard InChI is InChI=1S/C28H35N3O6/c1-17(30-26(35)37-27(3,4)5)23(32)31-28(25(34)29-18(2)24(33)36-6)15-19-11-7-9-13-21(19)22-14-10-8-12-20(22)16-28/h7-14,17-18H,15-16H2,1-6H3,(H,29,34)(H,30,35)(H,31,32)/t17-,18-/m0/s1. The summed E-state index contributed by atoms with van der Waals surface area (Å²) >= 11 is 0. The maximum Gasteiger partial charge on any atom is 0.408 e. The number of hydrogen-bond acceptors (Lipinski definition) is 6. The molecule has 0 bridgehead atoms. The molecule has 0 aromatic heterocycles. The lowest BCUT2D eigenvalue weighted by Gasteiger charge is -2.35. The largest absolute Gasteiger partial charge is 0.467 e. The van der Waals surface area contributed by atoms with Crippen molar-refractivity contribution in [2.75, 3.05) is 7.11 Å². The third-order valence-corrected chi connectivity index (χ3v) is 6.14. The van der Waals surface area contributed by atoms with Crippen LogP contribution in [0.2, 0.25) is 0 Å². The molecule has 198 valence electrons. The van der Waals surface area contributed by atoms with Crippen LogP contribution in [0.4, 0.5) is 4.79 Å². The molecule has 0 aliphatic heterocycles. The Hall–Kier alpha value is -3.88. The molecule has 3 N–H and O–H groups in total. The Morgan fingerprint density at radius 2 is 1.35 bits per heavy atom. The maximum absolute atomic E-state index is 13.8. The molecule has 2 aromatic rings. The second kappa shape index (κ2) is 11.0. The number of carbonyl (C=O) groups is 4. The van der Waals surface area contributed by atoms with Gasteiger partial charge < -0.3 is 25.4 Å². The van der Waals surface area contributed by atoms with Gasteiger partial charge in [-0.25, -0.2) is 9.59 Å². The van der Waals surface area contributed by atoms with E-state index in [9.17, 15) is 19.2 Å². The number of esters is 1. The number of ether oxygens (including phenoxy) is 2. The van der Waals surface area contributed by atoms with Crippen LogP contribution in [0.1, 0.15) is 45.7 Å². The minimum absolute atomic E-state index is 0.169. The summed E-state index contributed by atoms with van der Waals surface area (Å²) in [6.07, 6.45) is -0.408. The predicted octanol–water partition coefficient (Wildman–Crippen LogP) is 2.90. The molecule has 0 heterocycles. The Labute approximate surface area is 217 Å². The van der Waals surface area contributed by atoms with Crippen LogP contribution in [0, 0.1) is 0 Å². The van der Waals surface area contributed by atoms with E-state index in [1.807, 2.05) is 48.5 Å². The van der Waals surface area contributed by atoms with Gasteiger partial charge in [0.05, 0.1) is 7.11 Å². The fourth-order valence-electron chi connectivity index (χ4n) is 4.36. The number of nitrogens with one attached hydrogen (secondary N) is 3. The minimum atomic E-state index is -1.45. The van der Waals surface area contributed by atoms with Crippen molar-refractivity contribution in [2.45, 2.75) is 70.7 Å². The van der Waals surface area contributed by atoms with Gasteiger partial charge in [0.15, 0.2) is 0 Å². The Kier molecular flexibility index (Phi) is 8.25. The second-order valence-electron chi connectivity index (χ2n) is 10.3. The summed E-state index contributed by atoms with van der Waals surface area (Å²) in [6, 6.07) is 13.5. The summed E-state index contributed by atoms with van der Waals surface area (Å²) < 4.78 is 10.0. The first-order valence-corrected chi connectivity index (χ1v) is 12.2. The molecular weight excluding hydrogens is 474 g/mol. The number of amides is 3. The lowest BCUT2D eigenvalue weighted by atomic mass is 9.84. The highest BCUT2D eigenvalue weighted by Gasteiger charge is 2.44. The minimum Gasteiger partial charge on any atom is -0.467 e. The third-order valence-electron chi connectivity index (χ3n) is 6.14. The normalized spacial score (nSPS) is 15.5. The molecule has 0 radical (unpaired) electrons. The van der Waals surface area contributed by atoms with Gasteiger partial charge in [-0.05, 0) is 56.9 Å². The van der Waals surface area contributed by atoms with Crippen LogP contribution < -0.4 is 16.0 Å². The highest BCUT2D eigenvalue weighted by molar-refractivity contribution is 5.97. The molecular formula is C28H35N3O6. The van der Waals surface area contributed by atoms with Crippen LogP contribution in [0.3, 0.4) is 0 Å². The van der Waals surface area contributed by atoms with Crippen molar-refractivity contribution in [3.05, 3.63) is 59.7 Å². The molecule has 3 rings (SSSR count).